The van der Waals surface area contributed by atoms with E-state index in [0.717, 1.165) is 49.3 Å². The molecule has 2 aliphatic heterocycles. The first-order chi connectivity index (χ1) is 14.1. The van der Waals surface area contributed by atoms with Crippen LogP contribution in [0.1, 0.15) is 12.0 Å². The predicted molar refractivity (Wildman–Crippen MR) is 107 cm³/mol. The fourth-order valence-corrected chi connectivity index (χ4v) is 4.08. The summed E-state index contributed by atoms with van der Waals surface area (Å²) in [5.41, 5.74) is 1.86. The maximum Gasteiger partial charge on any atom is 0.225 e. The van der Waals surface area contributed by atoms with Gasteiger partial charge in [-0.2, -0.15) is 0 Å². The first-order valence-corrected chi connectivity index (χ1v) is 10.2. The van der Waals surface area contributed by atoms with Gasteiger partial charge in [0.1, 0.15) is 5.82 Å². The number of fused-ring (bicyclic) bond motifs is 1. The molecule has 3 heterocycles. The highest BCUT2D eigenvalue weighted by molar-refractivity contribution is 5.89. The average molecular weight is 402 g/mol. The minimum absolute atomic E-state index is 0.00403. The maximum absolute atomic E-state index is 13.5. The molecule has 2 fully saturated rings. The van der Waals surface area contributed by atoms with Crippen LogP contribution < -0.4 is 5.32 Å². The molecule has 0 radical (unpaired) electrons. The summed E-state index contributed by atoms with van der Waals surface area (Å²) in [6.07, 6.45) is 2.74. The number of H-pyrrole nitrogens is 1. The van der Waals surface area contributed by atoms with E-state index in [0.29, 0.717) is 26.1 Å². The number of hydrogen-bond donors (Lipinski definition) is 2. The van der Waals surface area contributed by atoms with E-state index in [1.54, 1.807) is 11.0 Å². The van der Waals surface area contributed by atoms with Crippen molar-refractivity contribution in [2.45, 2.75) is 12.8 Å². The van der Waals surface area contributed by atoms with Crippen LogP contribution >= 0.6 is 0 Å². The Morgan fingerprint density at radius 1 is 1.28 bits per heavy atom. The molecule has 29 heavy (non-hydrogen) atoms. The lowest BCUT2D eigenvalue weighted by molar-refractivity contribution is -0.129. The van der Waals surface area contributed by atoms with Gasteiger partial charge in [-0.15, -0.1) is 0 Å². The van der Waals surface area contributed by atoms with Crippen LogP contribution in [0.4, 0.5) is 4.39 Å². The second-order valence-electron chi connectivity index (χ2n) is 7.74. The van der Waals surface area contributed by atoms with E-state index in [1.165, 1.54) is 12.1 Å². The first-order valence-electron chi connectivity index (χ1n) is 10.2. The number of amides is 2. The number of ether oxygens (including phenoxy) is 1. The van der Waals surface area contributed by atoms with Crippen LogP contribution in [-0.4, -0.2) is 79.1 Å². The Morgan fingerprint density at radius 3 is 2.93 bits per heavy atom. The van der Waals surface area contributed by atoms with Gasteiger partial charge < -0.3 is 19.9 Å². The molecule has 2 saturated heterocycles. The van der Waals surface area contributed by atoms with Crippen molar-refractivity contribution in [1.29, 1.82) is 0 Å². The third kappa shape index (κ3) is 4.76. The molecule has 156 valence electrons. The number of likely N-dealkylation sites (tertiary alicyclic amines) is 1. The van der Waals surface area contributed by atoms with E-state index in [4.69, 9.17) is 4.74 Å². The van der Waals surface area contributed by atoms with Gasteiger partial charge in [-0.1, -0.05) is 0 Å². The predicted octanol–water partition coefficient (Wildman–Crippen LogP) is 1.15. The zero-order valence-corrected chi connectivity index (χ0v) is 16.5. The summed E-state index contributed by atoms with van der Waals surface area (Å²) >= 11 is 0. The van der Waals surface area contributed by atoms with Gasteiger partial charge in [0.15, 0.2) is 0 Å². The van der Waals surface area contributed by atoms with E-state index in [1.807, 2.05) is 6.20 Å². The largest absolute Gasteiger partial charge is 0.379 e. The van der Waals surface area contributed by atoms with Gasteiger partial charge in [0.2, 0.25) is 11.8 Å². The molecule has 1 aromatic heterocycles. The van der Waals surface area contributed by atoms with Crippen LogP contribution in [0.5, 0.6) is 0 Å². The highest BCUT2D eigenvalue weighted by Gasteiger charge is 2.34. The lowest BCUT2D eigenvalue weighted by Gasteiger charge is -2.26. The van der Waals surface area contributed by atoms with Gasteiger partial charge in [0.05, 0.1) is 19.1 Å². The zero-order valence-electron chi connectivity index (χ0n) is 16.5. The maximum atomic E-state index is 13.5. The van der Waals surface area contributed by atoms with E-state index in [9.17, 15) is 14.0 Å². The normalized spacial score (nSPS) is 20.5. The Morgan fingerprint density at radius 2 is 2.10 bits per heavy atom. The Kier molecular flexibility index (Phi) is 6.10. The highest BCUT2D eigenvalue weighted by Crippen LogP contribution is 2.22. The van der Waals surface area contributed by atoms with Crippen LogP contribution in [0.15, 0.2) is 24.4 Å². The van der Waals surface area contributed by atoms with E-state index in [-0.39, 0.29) is 30.0 Å². The topological polar surface area (TPSA) is 77.7 Å². The Labute approximate surface area is 169 Å². The molecular formula is C21H27FN4O3. The van der Waals surface area contributed by atoms with Crippen molar-refractivity contribution in [2.75, 3.05) is 52.5 Å². The minimum Gasteiger partial charge on any atom is -0.379 e. The fraction of sp³-hybridized carbons (Fsp3) is 0.524. The molecule has 0 aliphatic carbocycles. The number of nitrogens with one attached hydrogen (secondary N) is 2. The van der Waals surface area contributed by atoms with Crippen LogP contribution in [0.3, 0.4) is 0 Å². The number of aromatic nitrogens is 1. The summed E-state index contributed by atoms with van der Waals surface area (Å²) in [6.45, 7) is 5.62. The lowest BCUT2D eigenvalue weighted by atomic mass is 10.1. The van der Waals surface area contributed by atoms with Gasteiger partial charge >= 0.3 is 0 Å². The van der Waals surface area contributed by atoms with Gasteiger partial charge in [-0.3, -0.25) is 14.5 Å². The summed E-state index contributed by atoms with van der Waals surface area (Å²) in [4.78, 5) is 31.9. The smallest absolute Gasteiger partial charge is 0.225 e. The van der Waals surface area contributed by atoms with Crippen molar-refractivity contribution in [3.05, 3.63) is 35.8 Å². The molecule has 7 nitrogen and oxygen atoms in total. The number of aromatic amines is 1. The molecule has 0 unspecified atom stereocenters. The van der Waals surface area contributed by atoms with Crippen LogP contribution in [0.25, 0.3) is 10.9 Å². The first kappa shape index (κ1) is 19.8. The lowest BCUT2D eigenvalue weighted by Crippen LogP contribution is -2.42. The van der Waals surface area contributed by atoms with Crippen molar-refractivity contribution in [3.8, 4) is 0 Å². The van der Waals surface area contributed by atoms with Crippen molar-refractivity contribution < 1.29 is 18.7 Å². The Bertz CT molecular complexity index is 878. The standard InChI is InChI=1S/C21H27FN4O3/c22-17-1-2-19-18(12-17)15(13-24-19)3-5-26-14-16(11-20(26)27)21(28)23-4-6-25-7-9-29-10-8-25/h1-2,12-13,16,24H,3-11,14H2,(H,23,28)/t16-/m1/s1. The van der Waals surface area contributed by atoms with Gasteiger partial charge in [-0.05, 0) is 30.2 Å². The third-order valence-corrected chi connectivity index (χ3v) is 5.80. The molecule has 4 rings (SSSR count). The molecule has 0 spiro atoms. The number of hydrogen-bond acceptors (Lipinski definition) is 4. The Hall–Kier alpha value is -2.45. The molecule has 1 atom stereocenters. The summed E-state index contributed by atoms with van der Waals surface area (Å²) in [6, 6.07) is 4.65. The summed E-state index contributed by atoms with van der Waals surface area (Å²) in [5, 5.41) is 3.81. The molecular weight excluding hydrogens is 375 g/mol. The quantitative estimate of drug-likeness (QED) is 0.728. The second-order valence-corrected chi connectivity index (χ2v) is 7.74. The number of benzene rings is 1. The molecule has 0 saturated carbocycles. The van der Waals surface area contributed by atoms with Crippen LogP contribution in [0, 0.1) is 11.7 Å². The van der Waals surface area contributed by atoms with Gasteiger partial charge in [0, 0.05) is 62.8 Å². The number of morpholine rings is 1. The summed E-state index contributed by atoms with van der Waals surface area (Å²) < 4.78 is 18.8. The van der Waals surface area contributed by atoms with Gasteiger partial charge in [-0.25, -0.2) is 4.39 Å². The summed E-state index contributed by atoms with van der Waals surface area (Å²) in [5.74, 6) is -0.621. The van der Waals surface area contributed by atoms with Gasteiger partial charge in [0.25, 0.3) is 0 Å². The molecule has 0 bridgehead atoms. The highest BCUT2D eigenvalue weighted by atomic mass is 19.1. The second kappa shape index (κ2) is 8.92. The van der Waals surface area contributed by atoms with Crippen molar-refractivity contribution in [2.24, 2.45) is 5.92 Å². The average Bonchev–Trinajstić information content (AvgIpc) is 3.30. The van der Waals surface area contributed by atoms with Crippen molar-refractivity contribution in [3.63, 3.8) is 0 Å². The summed E-state index contributed by atoms with van der Waals surface area (Å²) in [7, 11) is 0. The van der Waals surface area contributed by atoms with Crippen molar-refractivity contribution >= 4 is 22.7 Å². The monoisotopic (exact) mass is 402 g/mol. The molecule has 1 aromatic carbocycles. The number of nitrogens with zero attached hydrogens (tertiary/aromatic N) is 2. The molecule has 2 N–H and O–H groups in total. The Balaban J connectivity index is 1.25. The SMILES string of the molecule is O=C(NCCN1CCOCC1)[C@@H]1CC(=O)N(CCc2c[nH]c3ccc(F)cc23)C1. The molecule has 2 aliphatic rings. The number of halogens is 1. The molecule has 2 amide bonds. The molecule has 2 aromatic rings. The van der Waals surface area contributed by atoms with E-state index in [2.05, 4.69) is 15.2 Å². The van der Waals surface area contributed by atoms with Crippen molar-refractivity contribution in [1.82, 2.24) is 20.1 Å². The van der Waals surface area contributed by atoms with E-state index < -0.39 is 0 Å². The fourth-order valence-electron chi connectivity index (χ4n) is 4.08. The number of carbonyl (C=O) groups is 2. The number of carbonyl (C=O) groups excluding carboxylic acids is 2. The van der Waals surface area contributed by atoms with Crippen LogP contribution in [-0.2, 0) is 20.7 Å². The third-order valence-electron chi connectivity index (χ3n) is 5.80. The van der Waals surface area contributed by atoms with Crippen LogP contribution in [0.2, 0.25) is 0 Å². The van der Waals surface area contributed by atoms with E-state index >= 15 is 0 Å². The zero-order chi connectivity index (χ0) is 20.2. The molecule has 8 heteroatoms. The minimum atomic E-state index is -0.299. The number of rotatable bonds is 7.